The minimum Gasteiger partial charge on any atom is -0.444 e. The second kappa shape index (κ2) is 5.02. The van der Waals surface area contributed by atoms with Crippen molar-refractivity contribution >= 4 is 12.0 Å². The summed E-state index contributed by atoms with van der Waals surface area (Å²) in [7, 11) is 0. The molecular weight excluding hydrogens is 244 g/mol. The van der Waals surface area contributed by atoms with Gasteiger partial charge in [0.05, 0.1) is 5.41 Å². The van der Waals surface area contributed by atoms with Crippen LogP contribution in [0.4, 0.5) is 4.79 Å². The van der Waals surface area contributed by atoms with Crippen molar-refractivity contribution in [3.8, 4) is 0 Å². The van der Waals surface area contributed by atoms with Gasteiger partial charge in [0.1, 0.15) is 5.60 Å². The summed E-state index contributed by atoms with van der Waals surface area (Å²) >= 11 is 0. The van der Waals surface area contributed by atoms with E-state index < -0.39 is 5.60 Å². The normalized spacial score (nSPS) is 31.1. The summed E-state index contributed by atoms with van der Waals surface area (Å²) in [5.41, 5.74) is -0.737. The van der Waals surface area contributed by atoms with Gasteiger partial charge in [-0.2, -0.15) is 0 Å². The number of ether oxygens (including phenoxy) is 1. The topological polar surface area (TPSA) is 67.4 Å². The number of nitrogens with one attached hydrogen (secondary N) is 2. The fourth-order valence-electron chi connectivity index (χ4n) is 3.11. The quantitative estimate of drug-likeness (QED) is 0.764. The Morgan fingerprint density at radius 1 is 1.42 bits per heavy atom. The maximum atomic E-state index is 12.0. The Labute approximate surface area is 114 Å². The number of rotatable bonds is 1. The monoisotopic (exact) mass is 268 g/mol. The highest BCUT2D eigenvalue weighted by atomic mass is 16.6. The van der Waals surface area contributed by atoms with E-state index in [2.05, 4.69) is 10.6 Å². The second-order valence-electron chi connectivity index (χ2n) is 6.73. The summed E-state index contributed by atoms with van der Waals surface area (Å²) in [5, 5.41) is 5.82. The molecule has 1 heterocycles. The average Bonchev–Trinajstić information content (AvgIpc) is 2.57. The zero-order chi connectivity index (χ0) is 14.1. The highest BCUT2D eigenvalue weighted by molar-refractivity contribution is 5.85. The van der Waals surface area contributed by atoms with E-state index >= 15 is 0 Å². The van der Waals surface area contributed by atoms with Gasteiger partial charge in [0.2, 0.25) is 5.91 Å². The van der Waals surface area contributed by atoms with Gasteiger partial charge >= 0.3 is 6.09 Å². The molecule has 0 unspecified atom stereocenters. The van der Waals surface area contributed by atoms with E-state index in [-0.39, 0.29) is 23.5 Å². The third-order valence-corrected chi connectivity index (χ3v) is 3.94. The van der Waals surface area contributed by atoms with E-state index in [0.29, 0.717) is 0 Å². The Hall–Kier alpha value is -1.26. The predicted octanol–water partition coefficient (Wildman–Crippen LogP) is 1.96. The first kappa shape index (κ1) is 14.2. The van der Waals surface area contributed by atoms with Crippen LogP contribution in [0.25, 0.3) is 0 Å². The van der Waals surface area contributed by atoms with Crippen molar-refractivity contribution < 1.29 is 14.3 Å². The highest BCUT2D eigenvalue weighted by Crippen LogP contribution is 2.41. The molecule has 0 radical (unpaired) electrons. The van der Waals surface area contributed by atoms with Crippen molar-refractivity contribution in [1.82, 2.24) is 10.6 Å². The molecule has 1 saturated heterocycles. The number of alkyl carbamates (subject to hydrolysis) is 1. The Morgan fingerprint density at radius 2 is 2.16 bits per heavy atom. The highest BCUT2D eigenvalue weighted by Gasteiger charge is 2.45. The van der Waals surface area contributed by atoms with Crippen molar-refractivity contribution in [2.45, 2.75) is 64.5 Å². The lowest BCUT2D eigenvalue weighted by Crippen LogP contribution is -2.46. The largest absolute Gasteiger partial charge is 0.444 e. The first-order valence-corrected chi connectivity index (χ1v) is 7.09. The van der Waals surface area contributed by atoms with Gasteiger partial charge < -0.3 is 15.4 Å². The van der Waals surface area contributed by atoms with Gasteiger partial charge in [-0.05, 0) is 46.5 Å². The molecule has 0 aromatic carbocycles. The molecule has 1 aliphatic heterocycles. The fourth-order valence-corrected chi connectivity index (χ4v) is 3.11. The van der Waals surface area contributed by atoms with Crippen molar-refractivity contribution in [3.05, 3.63) is 0 Å². The van der Waals surface area contributed by atoms with E-state index in [1.54, 1.807) is 0 Å². The van der Waals surface area contributed by atoms with Gasteiger partial charge in [0, 0.05) is 12.6 Å². The summed E-state index contributed by atoms with van der Waals surface area (Å²) in [6.07, 6.45) is 4.08. The third kappa shape index (κ3) is 3.39. The van der Waals surface area contributed by atoms with Gasteiger partial charge in [0.25, 0.3) is 0 Å². The van der Waals surface area contributed by atoms with Crippen LogP contribution in [0, 0.1) is 5.41 Å². The molecule has 108 valence electrons. The Bertz CT molecular complexity index is 375. The van der Waals surface area contributed by atoms with E-state index in [4.69, 9.17) is 4.74 Å². The molecular formula is C14H24N2O3. The number of amides is 2. The van der Waals surface area contributed by atoms with Gasteiger partial charge in [-0.3, -0.25) is 4.79 Å². The van der Waals surface area contributed by atoms with Crippen LogP contribution >= 0.6 is 0 Å². The number of carbonyl (C=O) groups is 2. The molecule has 0 aromatic rings. The van der Waals surface area contributed by atoms with Crippen LogP contribution in [-0.4, -0.2) is 30.2 Å². The minimum absolute atomic E-state index is 0.0486. The lowest BCUT2D eigenvalue weighted by molar-refractivity contribution is -0.129. The summed E-state index contributed by atoms with van der Waals surface area (Å²) in [4.78, 5) is 23.7. The zero-order valence-electron chi connectivity index (χ0n) is 12.0. The first-order chi connectivity index (χ1) is 8.81. The lowest BCUT2D eigenvalue weighted by Gasteiger charge is -2.36. The van der Waals surface area contributed by atoms with Crippen molar-refractivity contribution in [1.29, 1.82) is 0 Å². The molecule has 2 rings (SSSR count). The molecule has 1 aliphatic carbocycles. The van der Waals surface area contributed by atoms with Crippen molar-refractivity contribution in [2.24, 2.45) is 5.41 Å². The molecule has 0 bridgehead atoms. The molecule has 2 amide bonds. The fraction of sp³-hybridized carbons (Fsp3) is 0.857. The van der Waals surface area contributed by atoms with E-state index in [0.717, 1.165) is 38.6 Å². The van der Waals surface area contributed by atoms with Crippen LogP contribution in [0.1, 0.15) is 52.9 Å². The molecule has 2 N–H and O–H groups in total. The SMILES string of the molecule is CC(C)(C)OC(=O)N[C@H]1CCC[C@]2(CCNC2=O)C1. The predicted molar refractivity (Wildman–Crippen MR) is 71.7 cm³/mol. The Kier molecular flexibility index (Phi) is 3.74. The molecule has 5 nitrogen and oxygen atoms in total. The molecule has 5 heteroatoms. The van der Waals surface area contributed by atoms with Crippen LogP contribution in [0.3, 0.4) is 0 Å². The summed E-state index contributed by atoms with van der Waals surface area (Å²) in [6, 6.07) is 0.0486. The molecule has 0 aromatic heterocycles. The smallest absolute Gasteiger partial charge is 0.407 e. The first-order valence-electron chi connectivity index (χ1n) is 7.09. The minimum atomic E-state index is -0.485. The Morgan fingerprint density at radius 3 is 2.74 bits per heavy atom. The molecule has 19 heavy (non-hydrogen) atoms. The van der Waals surface area contributed by atoms with Gasteiger partial charge in [0.15, 0.2) is 0 Å². The van der Waals surface area contributed by atoms with E-state index in [1.807, 2.05) is 20.8 Å². The number of carbonyl (C=O) groups excluding carboxylic acids is 2. The van der Waals surface area contributed by atoms with E-state index in [1.165, 1.54) is 0 Å². The maximum Gasteiger partial charge on any atom is 0.407 e. The standard InChI is InChI=1S/C14H24N2O3/c1-13(2,3)19-12(18)16-10-5-4-6-14(9-10)7-8-15-11(14)17/h10H,4-9H2,1-3H3,(H,15,17)(H,16,18)/t10-,14-/m0/s1. The Balaban J connectivity index is 1.91. The molecule has 2 aliphatic rings. The van der Waals surface area contributed by atoms with Gasteiger partial charge in [-0.25, -0.2) is 4.79 Å². The van der Waals surface area contributed by atoms with Crippen molar-refractivity contribution in [3.63, 3.8) is 0 Å². The maximum absolute atomic E-state index is 12.0. The summed E-state index contributed by atoms with van der Waals surface area (Å²) in [6.45, 7) is 6.30. The van der Waals surface area contributed by atoms with Crippen LogP contribution in [-0.2, 0) is 9.53 Å². The zero-order valence-corrected chi connectivity index (χ0v) is 12.0. The lowest BCUT2D eigenvalue weighted by atomic mass is 9.71. The number of hydrogen-bond donors (Lipinski definition) is 2. The molecule has 1 saturated carbocycles. The van der Waals surface area contributed by atoms with Crippen LogP contribution in [0.15, 0.2) is 0 Å². The second-order valence-corrected chi connectivity index (χ2v) is 6.73. The van der Waals surface area contributed by atoms with Gasteiger partial charge in [-0.15, -0.1) is 0 Å². The summed E-state index contributed by atoms with van der Waals surface area (Å²) < 4.78 is 5.27. The van der Waals surface area contributed by atoms with Crippen LogP contribution in [0.5, 0.6) is 0 Å². The van der Waals surface area contributed by atoms with Gasteiger partial charge in [-0.1, -0.05) is 6.42 Å². The van der Waals surface area contributed by atoms with E-state index in [9.17, 15) is 9.59 Å². The van der Waals surface area contributed by atoms with Crippen LogP contribution < -0.4 is 10.6 Å². The molecule has 2 fully saturated rings. The molecule has 1 spiro atoms. The average molecular weight is 268 g/mol. The number of hydrogen-bond acceptors (Lipinski definition) is 3. The van der Waals surface area contributed by atoms with Crippen LogP contribution in [0.2, 0.25) is 0 Å². The van der Waals surface area contributed by atoms with Crippen molar-refractivity contribution in [2.75, 3.05) is 6.54 Å². The molecule has 2 atom stereocenters. The third-order valence-electron chi connectivity index (χ3n) is 3.94. The summed E-state index contributed by atoms with van der Waals surface area (Å²) in [5.74, 6) is 0.156.